The zero-order valence-corrected chi connectivity index (χ0v) is 12.5. The van der Waals surface area contributed by atoms with Crippen LogP contribution in [0.15, 0.2) is 29.9 Å². The van der Waals surface area contributed by atoms with Crippen molar-refractivity contribution in [2.24, 2.45) is 0 Å². The molecule has 3 rings (SSSR count). The molecule has 0 aliphatic carbocycles. The van der Waals surface area contributed by atoms with Crippen molar-refractivity contribution in [1.29, 1.82) is 0 Å². The summed E-state index contributed by atoms with van der Waals surface area (Å²) < 4.78 is 1.83. The number of nitrogens with one attached hydrogen (secondary N) is 1. The van der Waals surface area contributed by atoms with Gasteiger partial charge >= 0.3 is 0 Å². The van der Waals surface area contributed by atoms with E-state index in [4.69, 9.17) is 5.73 Å². The van der Waals surface area contributed by atoms with Crippen molar-refractivity contribution in [1.82, 2.24) is 19.7 Å². The molecule has 3 aromatic rings. The first kappa shape index (κ1) is 13.6. The summed E-state index contributed by atoms with van der Waals surface area (Å²) in [6, 6.07) is 3.69. The molecule has 0 bridgehead atoms. The Labute approximate surface area is 125 Å². The maximum absolute atomic E-state index is 12.2. The Kier molecular flexibility index (Phi) is 3.34. The quantitative estimate of drug-likeness (QED) is 0.776. The molecule has 0 aliphatic rings. The molecule has 0 aliphatic heterocycles. The van der Waals surface area contributed by atoms with E-state index in [1.165, 1.54) is 11.3 Å². The predicted octanol–water partition coefficient (Wildman–Crippen LogP) is 2.17. The largest absolute Gasteiger partial charge is 0.375 e. The number of anilines is 1. The van der Waals surface area contributed by atoms with E-state index in [2.05, 4.69) is 15.3 Å². The molecule has 0 aromatic carbocycles. The number of fused-ring (bicyclic) bond motifs is 1. The molecule has 0 fully saturated rings. The average molecular weight is 301 g/mol. The van der Waals surface area contributed by atoms with Crippen LogP contribution >= 0.6 is 11.3 Å². The van der Waals surface area contributed by atoms with Crippen molar-refractivity contribution in [3.05, 3.63) is 46.9 Å². The van der Waals surface area contributed by atoms with Crippen LogP contribution in [-0.4, -0.2) is 20.3 Å². The van der Waals surface area contributed by atoms with Crippen molar-refractivity contribution in [3.8, 4) is 0 Å². The number of thiazole rings is 1. The molecule has 21 heavy (non-hydrogen) atoms. The Morgan fingerprint density at radius 1 is 1.48 bits per heavy atom. The third kappa shape index (κ3) is 2.73. The van der Waals surface area contributed by atoms with Gasteiger partial charge in [-0.25, -0.2) is 9.97 Å². The van der Waals surface area contributed by atoms with Crippen LogP contribution in [0.1, 0.15) is 34.7 Å². The highest BCUT2D eigenvalue weighted by molar-refractivity contribution is 7.13. The minimum atomic E-state index is -0.226. The third-order valence-corrected chi connectivity index (χ3v) is 3.87. The van der Waals surface area contributed by atoms with E-state index in [0.29, 0.717) is 10.8 Å². The molecular formula is C14H15N5OS. The number of imidazole rings is 1. The molecule has 7 heteroatoms. The second kappa shape index (κ2) is 5.17. The maximum Gasteiger partial charge on any atom is 0.272 e. The van der Waals surface area contributed by atoms with Crippen LogP contribution in [0.2, 0.25) is 0 Å². The number of nitrogen functional groups attached to an aromatic ring is 1. The molecule has 1 unspecified atom stereocenters. The number of aromatic nitrogens is 3. The number of hydrogen-bond donors (Lipinski definition) is 2. The highest BCUT2D eigenvalue weighted by atomic mass is 32.1. The first-order valence-corrected chi connectivity index (χ1v) is 7.38. The van der Waals surface area contributed by atoms with Crippen LogP contribution in [0, 0.1) is 6.92 Å². The van der Waals surface area contributed by atoms with Crippen molar-refractivity contribution in [2.45, 2.75) is 19.9 Å². The lowest BCUT2D eigenvalue weighted by atomic mass is 10.2. The Balaban J connectivity index is 1.80. The Bertz CT molecular complexity index is 807. The molecule has 1 amide bonds. The zero-order valence-electron chi connectivity index (χ0n) is 11.7. The maximum atomic E-state index is 12.2. The van der Waals surface area contributed by atoms with Crippen LogP contribution in [0.4, 0.5) is 5.13 Å². The Morgan fingerprint density at radius 3 is 3.00 bits per heavy atom. The Morgan fingerprint density at radius 2 is 2.29 bits per heavy atom. The van der Waals surface area contributed by atoms with Gasteiger partial charge in [-0.15, -0.1) is 11.3 Å². The number of aryl methyl sites for hydroxylation is 1. The predicted molar refractivity (Wildman–Crippen MR) is 82.3 cm³/mol. The summed E-state index contributed by atoms with van der Waals surface area (Å²) in [5, 5.41) is 5.21. The lowest BCUT2D eigenvalue weighted by Crippen LogP contribution is -2.27. The van der Waals surface area contributed by atoms with Crippen molar-refractivity contribution in [2.75, 3.05) is 5.73 Å². The third-order valence-electron chi connectivity index (χ3n) is 3.18. The van der Waals surface area contributed by atoms with Gasteiger partial charge in [-0.1, -0.05) is 0 Å². The number of rotatable bonds is 3. The summed E-state index contributed by atoms with van der Waals surface area (Å²) in [6.45, 7) is 3.86. The van der Waals surface area contributed by atoms with Gasteiger partial charge in [-0.3, -0.25) is 4.79 Å². The van der Waals surface area contributed by atoms with Gasteiger partial charge in [0.05, 0.1) is 11.7 Å². The molecule has 0 spiro atoms. The Hall–Kier alpha value is -2.41. The molecule has 3 aromatic heterocycles. The first-order chi connectivity index (χ1) is 10.0. The molecule has 108 valence electrons. The van der Waals surface area contributed by atoms with Gasteiger partial charge in [0.15, 0.2) is 5.13 Å². The molecule has 0 saturated carbocycles. The first-order valence-electron chi connectivity index (χ1n) is 6.50. The molecule has 0 saturated heterocycles. The average Bonchev–Trinajstić information content (AvgIpc) is 3.04. The number of nitrogens with zero attached hydrogens (tertiary/aromatic N) is 3. The summed E-state index contributed by atoms with van der Waals surface area (Å²) in [7, 11) is 0. The molecule has 3 heterocycles. The number of carbonyl (C=O) groups excluding carboxylic acids is 1. The normalized spacial score (nSPS) is 12.5. The van der Waals surface area contributed by atoms with Crippen LogP contribution in [0.5, 0.6) is 0 Å². The summed E-state index contributed by atoms with van der Waals surface area (Å²) in [4.78, 5) is 20.7. The van der Waals surface area contributed by atoms with Crippen molar-refractivity contribution < 1.29 is 4.79 Å². The van der Waals surface area contributed by atoms with Gasteiger partial charge in [0.25, 0.3) is 5.91 Å². The van der Waals surface area contributed by atoms with Crippen LogP contribution in [0.25, 0.3) is 5.65 Å². The SMILES string of the molecule is Cc1ccn2cc(C(=O)NC(C)c3csc(N)n3)nc2c1. The highest BCUT2D eigenvalue weighted by Gasteiger charge is 2.16. The van der Waals surface area contributed by atoms with Crippen molar-refractivity contribution in [3.63, 3.8) is 0 Å². The second-order valence-corrected chi connectivity index (χ2v) is 5.79. The van der Waals surface area contributed by atoms with Crippen molar-refractivity contribution >= 4 is 28.0 Å². The smallest absolute Gasteiger partial charge is 0.272 e. The van der Waals surface area contributed by atoms with E-state index in [9.17, 15) is 4.79 Å². The van der Waals surface area contributed by atoms with Gasteiger partial charge in [-0.05, 0) is 31.5 Å². The standard InChI is InChI=1S/C14H15N5OS/c1-8-3-4-19-6-10(17-12(19)5-8)13(20)16-9(2)11-7-21-14(15)18-11/h3-7,9H,1-2H3,(H2,15,18)(H,16,20). The number of carbonyl (C=O) groups is 1. The van der Waals surface area contributed by atoms with Crippen LogP contribution in [0.3, 0.4) is 0 Å². The van der Waals surface area contributed by atoms with Crippen LogP contribution in [-0.2, 0) is 0 Å². The number of nitrogens with two attached hydrogens (primary N) is 1. The zero-order chi connectivity index (χ0) is 15.0. The highest BCUT2D eigenvalue weighted by Crippen LogP contribution is 2.18. The molecule has 0 radical (unpaired) electrons. The monoisotopic (exact) mass is 301 g/mol. The lowest BCUT2D eigenvalue weighted by Gasteiger charge is -2.09. The molecular weight excluding hydrogens is 286 g/mol. The summed E-state index contributed by atoms with van der Waals surface area (Å²) in [5.74, 6) is -0.226. The minimum absolute atomic E-state index is 0.211. The van der Waals surface area contributed by atoms with E-state index in [1.54, 1.807) is 6.20 Å². The van der Waals surface area contributed by atoms with Crippen LogP contribution < -0.4 is 11.1 Å². The topological polar surface area (TPSA) is 85.3 Å². The lowest BCUT2D eigenvalue weighted by molar-refractivity contribution is 0.0935. The second-order valence-electron chi connectivity index (χ2n) is 4.90. The van der Waals surface area contributed by atoms with Gasteiger partial charge < -0.3 is 15.5 Å². The van der Waals surface area contributed by atoms with Gasteiger partial charge in [0, 0.05) is 17.8 Å². The number of hydrogen-bond acceptors (Lipinski definition) is 5. The van der Waals surface area contributed by atoms with E-state index >= 15 is 0 Å². The summed E-state index contributed by atoms with van der Waals surface area (Å²) >= 11 is 1.36. The molecule has 6 nitrogen and oxygen atoms in total. The summed E-state index contributed by atoms with van der Waals surface area (Å²) in [6.07, 6.45) is 3.60. The summed E-state index contributed by atoms with van der Waals surface area (Å²) in [5.41, 5.74) is 8.60. The number of pyridine rings is 1. The van der Waals surface area contributed by atoms with Gasteiger partial charge in [0.2, 0.25) is 0 Å². The van der Waals surface area contributed by atoms with Gasteiger partial charge in [0.1, 0.15) is 11.3 Å². The van der Waals surface area contributed by atoms with E-state index in [1.807, 2.05) is 42.0 Å². The fourth-order valence-corrected chi connectivity index (χ4v) is 2.69. The number of amides is 1. The molecule has 1 atom stereocenters. The van der Waals surface area contributed by atoms with E-state index in [-0.39, 0.29) is 11.9 Å². The fourth-order valence-electron chi connectivity index (χ4n) is 2.04. The minimum Gasteiger partial charge on any atom is -0.375 e. The van der Waals surface area contributed by atoms with E-state index < -0.39 is 0 Å². The molecule has 3 N–H and O–H groups in total. The van der Waals surface area contributed by atoms with E-state index in [0.717, 1.165) is 16.9 Å². The fraction of sp³-hybridized carbons (Fsp3) is 0.214. The van der Waals surface area contributed by atoms with Gasteiger partial charge in [-0.2, -0.15) is 0 Å².